The van der Waals surface area contributed by atoms with E-state index in [9.17, 15) is 31.5 Å². The van der Waals surface area contributed by atoms with Gasteiger partial charge in [-0.1, -0.05) is 105 Å². The molecule has 0 saturated heterocycles. The summed E-state index contributed by atoms with van der Waals surface area (Å²) < 4.78 is 67.6. The fourth-order valence-corrected chi connectivity index (χ4v) is 5.31. The molecule has 3 aromatic rings. The maximum atomic E-state index is 15.0. The van der Waals surface area contributed by atoms with Crippen LogP contribution in [0, 0.1) is 11.8 Å². The van der Waals surface area contributed by atoms with Crippen LogP contribution in [0.3, 0.4) is 0 Å². The standard InChI is InChI=1S/C33H38F5N3O2/c1-22(2)28(30(42)33(37,38)31(43)41-21-32(34,35)36)29(39)27(20-23-12-6-3-7-13-23)40-19-18-26(24-14-8-4-9-15-24)25-16-10-5-11-17-25/h3-17,22,26-29,40H,18-21,39H2,1-2H3,(H,41,43)/t27-,28-,29?/m0/s1. The number of rotatable bonds is 15. The van der Waals surface area contributed by atoms with E-state index in [0.717, 1.165) is 22.0 Å². The van der Waals surface area contributed by atoms with E-state index in [1.165, 1.54) is 13.8 Å². The molecule has 0 aromatic heterocycles. The van der Waals surface area contributed by atoms with Crippen molar-refractivity contribution in [1.82, 2.24) is 10.6 Å². The Morgan fingerprint density at radius 2 is 1.28 bits per heavy atom. The lowest BCUT2D eigenvalue weighted by molar-refractivity contribution is -0.167. The van der Waals surface area contributed by atoms with Crippen LogP contribution in [-0.2, 0) is 16.0 Å². The van der Waals surface area contributed by atoms with Gasteiger partial charge in [-0.2, -0.15) is 22.0 Å². The number of alkyl halides is 5. The number of ketones is 1. The zero-order valence-corrected chi connectivity index (χ0v) is 24.2. The van der Waals surface area contributed by atoms with Gasteiger partial charge in [-0.15, -0.1) is 0 Å². The van der Waals surface area contributed by atoms with E-state index in [1.54, 1.807) is 0 Å². The Labute approximate surface area is 249 Å². The first-order valence-electron chi connectivity index (χ1n) is 14.2. The van der Waals surface area contributed by atoms with Gasteiger partial charge in [0.15, 0.2) is 0 Å². The number of carbonyl (C=O) groups excluding carboxylic acids is 2. The third kappa shape index (κ3) is 9.69. The highest BCUT2D eigenvalue weighted by Crippen LogP contribution is 2.30. The number of nitrogens with two attached hydrogens (primary N) is 1. The summed E-state index contributed by atoms with van der Waals surface area (Å²) in [5, 5.41) is 4.51. The lowest BCUT2D eigenvalue weighted by Gasteiger charge is -2.35. The minimum absolute atomic E-state index is 0.0210. The molecule has 1 amide bonds. The van der Waals surface area contributed by atoms with Crippen LogP contribution < -0.4 is 16.4 Å². The highest BCUT2D eigenvalue weighted by atomic mass is 19.4. The van der Waals surface area contributed by atoms with Crippen LogP contribution in [0.1, 0.15) is 42.9 Å². The van der Waals surface area contributed by atoms with Gasteiger partial charge in [0.25, 0.3) is 5.91 Å². The average molecular weight is 604 g/mol. The third-order valence-electron chi connectivity index (χ3n) is 7.49. The normalized spacial score (nSPS) is 14.4. The Morgan fingerprint density at radius 3 is 1.74 bits per heavy atom. The second-order valence-corrected chi connectivity index (χ2v) is 11.0. The first-order chi connectivity index (χ1) is 20.3. The van der Waals surface area contributed by atoms with E-state index in [1.807, 2.05) is 91.0 Å². The lowest BCUT2D eigenvalue weighted by Crippen LogP contribution is -2.59. The predicted octanol–water partition coefficient (Wildman–Crippen LogP) is 5.89. The van der Waals surface area contributed by atoms with Crippen molar-refractivity contribution in [3.05, 3.63) is 108 Å². The fourth-order valence-electron chi connectivity index (χ4n) is 5.31. The second-order valence-electron chi connectivity index (χ2n) is 11.0. The number of nitrogens with one attached hydrogen (secondary N) is 2. The molecule has 0 heterocycles. The van der Waals surface area contributed by atoms with Gasteiger partial charge in [-0.25, -0.2) is 0 Å². The molecule has 0 aliphatic carbocycles. The van der Waals surface area contributed by atoms with Crippen LogP contribution in [0.2, 0.25) is 0 Å². The Hall–Kier alpha value is -3.63. The quantitative estimate of drug-likeness (QED) is 0.149. The second kappa shape index (κ2) is 15.2. The summed E-state index contributed by atoms with van der Waals surface area (Å²) >= 11 is 0. The number of Topliss-reactive ketones (excluding diaryl/α,β-unsaturated/α-hetero) is 1. The number of benzene rings is 3. The Bertz CT molecular complexity index is 1250. The predicted molar refractivity (Wildman–Crippen MR) is 157 cm³/mol. The molecule has 232 valence electrons. The van der Waals surface area contributed by atoms with Crippen molar-refractivity contribution in [1.29, 1.82) is 0 Å². The number of amides is 1. The molecule has 3 atom stereocenters. The molecule has 0 fully saturated rings. The molecule has 0 aliphatic heterocycles. The summed E-state index contributed by atoms with van der Waals surface area (Å²) in [5.74, 6) is -11.0. The van der Waals surface area contributed by atoms with Crippen molar-refractivity contribution >= 4 is 11.7 Å². The highest BCUT2D eigenvalue weighted by molar-refractivity contribution is 6.08. The highest BCUT2D eigenvalue weighted by Gasteiger charge is 2.53. The number of halogens is 5. The van der Waals surface area contributed by atoms with Crippen molar-refractivity contribution in [2.45, 2.75) is 56.8 Å². The fraction of sp³-hybridized carbons (Fsp3) is 0.394. The van der Waals surface area contributed by atoms with E-state index in [4.69, 9.17) is 5.73 Å². The van der Waals surface area contributed by atoms with E-state index >= 15 is 0 Å². The third-order valence-corrected chi connectivity index (χ3v) is 7.49. The zero-order chi connectivity index (χ0) is 31.6. The van der Waals surface area contributed by atoms with E-state index in [-0.39, 0.29) is 5.92 Å². The number of hydrogen-bond donors (Lipinski definition) is 3. The molecule has 4 N–H and O–H groups in total. The molecule has 0 aliphatic rings. The van der Waals surface area contributed by atoms with Gasteiger partial charge >= 0.3 is 12.1 Å². The molecular formula is C33H38F5N3O2. The molecule has 0 radical (unpaired) electrons. The van der Waals surface area contributed by atoms with Crippen LogP contribution in [0.4, 0.5) is 22.0 Å². The Kier molecular flexibility index (Phi) is 12.0. The molecule has 1 unspecified atom stereocenters. The van der Waals surface area contributed by atoms with Crippen molar-refractivity contribution in [3.8, 4) is 0 Å². The number of hydrogen-bond acceptors (Lipinski definition) is 4. The minimum atomic E-state index is -4.91. The smallest absolute Gasteiger partial charge is 0.341 e. The van der Waals surface area contributed by atoms with Gasteiger partial charge in [0.1, 0.15) is 6.54 Å². The van der Waals surface area contributed by atoms with E-state index in [0.29, 0.717) is 19.4 Å². The summed E-state index contributed by atoms with van der Waals surface area (Å²) in [6, 6.07) is 27.1. The summed E-state index contributed by atoms with van der Waals surface area (Å²) in [7, 11) is 0. The van der Waals surface area contributed by atoms with Crippen molar-refractivity contribution in [3.63, 3.8) is 0 Å². The zero-order valence-electron chi connectivity index (χ0n) is 24.2. The molecule has 3 aromatic carbocycles. The van der Waals surface area contributed by atoms with Crippen molar-refractivity contribution in [2.24, 2.45) is 17.6 Å². The van der Waals surface area contributed by atoms with Gasteiger partial charge in [0.2, 0.25) is 5.78 Å². The molecule has 0 saturated carbocycles. The Balaban J connectivity index is 1.84. The van der Waals surface area contributed by atoms with Gasteiger partial charge in [0.05, 0.1) is 0 Å². The van der Waals surface area contributed by atoms with Gasteiger partial charge in [0, 0.05) is 23.9 Å². The van der Waals surface area contributed by atoms with Gasteiger partial charge < -0.3 is 16.4 Å². The van der Waals surface area contributed by atoms with Crippen LogP contribution in [0.5, 0.6) is 0 Å². The molecule has 10 heteroatoms. The SMILES string of the molecule is CC(C)[C@H](C(=O)C(F)(F)C(=O)NCC(F)(F)F)C(N)[C@H](Cc1ccccc1)NCCC(c1ccccc1)c1ccccc1. The van der Waals surface area contributed by atoms with E-state index in [2.05, 4.69) is 5.32 Å². The van der Waals surface area contributed by atoms with Crippen LogP contribution >= 0.6 is 0 Å². The van der Waals surface area contributed by atoms with E-state index < -0.39 is 54.3 Å². The maximum Gasteiger partial charge on any atom is 0.405 e. The van der Waals surface area contributed by atoms with Crippen LogP contribution in [-0.4, -0.2) is 49.0 Å². The maximum absolute atomic E-state index is 15.0. The van der Waals surface area contributed by atoms with Gasteiger partial charge in [-0.05, 0) is 42.0 Å². The summed E-state index contributed by atoms with van der Waals surface area (Å²) in [4.78, 5) is 25.2. The molecule has 5 nitrogen and oxygen atoms in total. The van der Waals surface area contributed by atoms with Crippen molar-refractivity contribution in [2.75, 3.05) is 13.1 Å². The molecular weight excluding hydrogens is 565 g/mol. The van der Waals surface area contributed by atoms with Crippen LogP contribution in [0.15, 0.2) is 91.0 Å². The first kappa shape index (κ1) is 33.9. The van der Waals surface area contributed by atoms with Crippen LogP contribution in [0.25, 0.3) is 0 Å². The first-order valence-corrected chi connectivity index (χ1v) is 14.2. The number of carbonyl (C=O) groups is 2. The Morgan fingerprint density at radius 1 is 0.791 bits per heavy atom. The van der Waals surface area contributed by atoms with Gasteiger partial charge in [-0.3, -0.25) is 9.59 Å². The summed E-state index contributed by atoms with van der Waals surface area (Å²) in [5.41, 5.74) is 9.61. The molecule has 3 rings (SSSR count). The topological polar surface area (TPSA) is 84.2 Å². The van der Waals surface area contributed by atoms with Crippen molar-refractivity contribution < 1.29 is 31.5 Å². The average Bonchev–Trinajstić information content (AvgIpc) is 2.98. The summed E-state index contributed by atoms with van der Waals surface area (Å²) in [6.45, 7) is 1.48. The summed E-state index contributed by atoms with van der Waals surface area (Å²) in [6.07, 6.45) is -3.99. The monoisotopic (exact) mass is 603 g/mol. The molecule has 43 heavy (non-hydrogen) atoms. The molecule has 0 spiro atoms. The molecule has 0 bridgehead atoms. The minimum Gasteiger partial charge on any atom is -0.341 e. The lowest BCUT2D eigenvalue weighted by atomic mass is 9.78. The largest absolute Gasteiger partial charge is 0.405 e.